The monoisotopic (exact) mass is 460 g/mol. The van der Waals surface area contributed by atoms with Gasteiger partial charge in [-0.1, -0.05) is 32.0 Å². The summed E-state index contributed by atoms with van der Waals surface area (Å²) in [5, 5.41) is 6.83. The summed E-state index contributed by atoms with van der Waals surface area (Å²) >= 11 is 0. The molecule has 0 bridgehead atoms. The zero-order valence-corrected chi connectivity index (χ0v) is 18.2. The second-order valence-corrected chi connectivity index (χ2v) is 7.81. The van der Waals surface area contributed by atoms with Crippen LogP contribution in [0.3, 0.4) is 0 Å². The number of hydrogen-bond donors (Lipinski definition) is 2. The molecular formula is C22H23F3N6O2. The minimum atomic E-state index is -4.44. The lowest BCUT2D eigenvalue weighted by Gasteiger charge is -2.09. The fraction of sp³-hybridized carbons (Fsp3) is 0.364. The van der Waals surface area contributed by atoms with E-state index in [9.17, 15) is 22.8 Å². The third kappa shape index (κ3) is 4.22. The van der Waals surface area contributed by atoms with Crippen LogP contribution in [-0.2, 0) is 25.7 Å². The Morgan fingerprint density at radius 1 is 1.06 bits per heavy atom. The second-order valence-electron chi connectivity index (χ2n) is 7.81. The van der Waals surface area contributed by atoms with Crippen LogP contribution in [0.4, 0.5) is 13.2 Å². The fourth-order valence-electron chi connectivity index (χ4n) is 3.85. The lowest BCUT2D eigenvalue weighted by atomic mass is 10.0. The number of H-pyrrole nitrogens is 2. The van der Waals surface area contributed by atoms with Crippen LogP contribution in [0.1, 0.15) is 43.5 Å². The van der Waals surface area contributed by atoms with E-state index in [0.717, 1.165) is 12.1 Å². The molecule has 0 spiro atoms. The molecule has 1 aromatic carbocycles. The van der Waals surface area contributed by atoms with Crippen LogP contribution in [0, 0.1) is 0 Å². The summed E-state index contributed by atoms with van der Waals surface area (Å²) in [6.45, 7) is 4.48. The second kappa shape index (κ2) is 8.72. The maximum absolute atomic E-state index is 13.1. The summed E-state index contributed by atoms with van der Waals surface area (Å²) in [4.78, 5) is 33.3. The van der Waals surface area contributed by atoms with E-state index < -0.39 is 23.0 Å². The van der Waals surface area contributed by atoms with Crippen molar-refractivity contribution in [2.45, 2.75) is 52.4 Å². The Kier molecular flexibility index (Phi) is 5.96. The molecule has 0 aliphatic heterocycles. The highest BCUT2D eigenvalue weighted by atomic mass is 19.4. The zero-order chi connectivity index (χ0) is 23.8. The molecule has 0 saturated carbocycles. The van der Waals surface area contributed by atoms with Crippen molar-refractivity contribution < 1.29 is 13.2 Å². The largest absolute Gasteiger partial charge is 0.416 e. The van der Waals surface area contributed by atoms with E-state index in [0.29, 0.717) is 42.0 Å². The van der Waals surface area contributed by atoms with Gasteiger partial charge in [-0.05, 0) is 24.5 Å². The number of aryl methyl sites for hydroxylation is 1. The van der Waals surface area contributed by atoms with E-state index in [2.05, 4.69) is 20.2 Å². The number of hydrogen-bond acceptors (Lipinski definition) is 4. The molecule has 0 saturated heterocycles. The topological polar surface area (TPSA) is 101 Å². The molecule has 4 rings (SSSR count). The Morgan fingerprint density at radius 3 is 2.48 bits per heavy atom. The van der Waals surface area contributed by atoms with Crippen LogP contribution in [0.15, 0.2) is 40.1 Å². The molecule has 0 radical (unpaired) electrons. The molecule has 11 heteroatoms. The van der Waals surface area contributed by atoms with Gasteiger partial charge in [0.25, 0.3) is 5.56 Å². The van der Waals surface area contributed by atoms with Gasteiger partial charge in [-0.15, -0.1) is 0 Å². The summed E-state index contributed by atoms with van der Waals surface area (Å²) in [7, 11) is 0. The summed E-state index contributed by atoms with van der Waals surface area (Å²) < 4.78 is 41.9. The Bertz CT molecular complexity index is 1410. The molecular weight excluding hydrogens is 437 g/mol. The molecule has 0 aliphatic rings. The first-order valence-corrected chi connectivity index (χ1v) is 10.7. The van der Waals surface area contributed by atoms with Gasteiger partial charge in [0, 0.05) is 19.5 Å². The van der Waals surface area contributed by atoms with Gasteiger partial charge in [0.05, 0.1) is 23.0 Å². The van der Waals surface area contributed by atoms with Gasteiger partial charge in [0.2, 0.25) is 0 Å². The van der Waals surface area contributed by atoms with E-state index in [1.54, 1.807) is 6.07 Å². The van der Waals surface area contributed by atoms with E-state index in [1.165, 1.54) is 21.4 Å². The number of alkyl halides is 3. The number of imidazole rings is 1. The molecule has 0 amide bonds. The third-order valence-corrected chi connectivity index (χ3v) is 5.36. The highest BCUT2D eigenvalue weighted by molar-refractivity contribution is 5.76. The lowest BCUT2D eigenvalue weighted by molar-refractivity contribution is -0.137. The van der Waals surface area contributed by atoms with Gasteiger partial charge in [-0.3, -0.25) is 19.0 Å². The molecule has 0 aliphatic carbocycles. The van der Waals surface area contributed by atoms with E-state index >= 15 is 0 Å². The van der Waals surface area contributed by atoms with Gasteiger partial charge in [0.1, 0.15) is 11.3 Å². The number of benzene rings is 1. The summed E-state index contributed by atoms with van der Waals surface area (Å²) in [6, 6.07) is 5.06. The molecule has 3 heterocycles. The Hall–Kier alpha value is -3.63. The van der Waals surface area contributed by atoms with Crippen molar-refractivity contribution in [1.29, 1.82) is 0 Å². The normalized spacial score (nSPS) is 12.0. The van der Waals surface area contributed by atoms with Gasteiger partial charge in [-0.25, -0.2) is 9.78 Å². The average Bonchev–Trinajstić information content (AvgIpc) is 3.41. The first kappa shape index (κ1) is 22.6. The molecule has 2 N–H and O–H groups in total. The van der Waals surface area contributed by atoms with Crippen molar-refractivity contribution in [2.75, 3.05) is 0 Å². The number of nitrogens with zero attached hydrogens (tertiary/aromatic N) is 4. The van der Waals surface area contributed by atoms with Crippen molar-refractivity contribution in [3.05, 3.63) is 68.1 Å². The SMILES string of the molecule is CCCn1c(=O)c2[nH]c(-c3cn[nH]c3Cc3cccc(C(F)(F)F)c3)nc2n(CCC)c1=O. The number of nitrogens with one attached hydrogen (secondary N) is 2. The predicted molar refractivity (Wildman–Crippen MR) is 117 cm³/mol. The van der Waals surface area contributed by atoms with Crippen LogP contribution < -0.4 is 11.2 Å². The van der Waals surface area contributed by atoms with Crippen molar-refractivity contribution in [3.8, 4) is 11.4 Å². The smallest absolute Gasteiger partial charge is 0.332 e. The molecule has 174 valence electrons. The molecule has 3 aromatic heterocycles. The number of halogens is 3. The summed E-state index contributed by atoms with van der Waals surface area (Å²) in [5.74, 6) is 0.316. The average molecular weight is 460 g/mol. The van der Waals surface area contributed by atoms with Crippen molar-refractivity contribution in [3.63, 3.8) is 0 Å². The molecule has 0 unspecified atom stereocenters. The maximum Gasteiger partial charge on any atom is 0.416 e. The highest BCUT2D eigenvalue weighted by Crippen LogP contribution is 2.30. The molecule has 0 fully saturated rings. The van der Waals surface area contributed by atoms with E-state index in [4.69, 9.17) is 0 Å². The minimum absolute atomic E-state index is 0.151. The lowest BCUT2D eigenvalue weighted by Crippen LogP contribution is -2.40. The molecule has 33 heavy (non-hydrogen) atoms. The molecule has 4 aromatic rings. The first-order valence-electron chi connectivity index (χ1n) is 10.7. The standard InChI is InChI=1S/C22H23F3N6O2/c1-3-8-30-19-17(20(32)31(9-4-2)21(30)33)27-18(28-19)15-12-26-29-16(15)11-13-6-5-7-14(10-13)22(23,24)25/h5-7,10,12H,3-4,8-9,11H2,1-2H3,(H,26,29)(H,27,28). The van der Waals surface area contributed by atoms with Crippen molar-refractivity contribution in [2.24, 2.45) is 0 Å². The van der Waals surface area contributed by atoms with Crippen molar-refractivity contribution in [1.82, 2.24) is 29.3 Å². The van der Waals surface area contributed by atoms with E-state index in [-0.39, 0.29) is 24.1 Å². The van der Waals surface area contributed by atoms with Crippen molar-refractivity contribution >= 4 is 11.2 Å². The quantitative estimate of drug-likeness (QED) is 0.439. The number of aromatic amines is 2. The number of fused-ring (bicyclic) bond motifs is 1. The number of rotatable bonds is 7. The van der Waals surface area contributed by atoms with Crippen LogP contribution >= 0.6 is 0 Å². The first-order chi connectivity index (χ1) is 15.7. The maximum atomic E-state index is 13.1. The van der Waals surface area contributed by atoms with Crippen LogP contribution in [0.2, 0.25) is 0 Å². The summed E-state index contributed by atoms with van der Waals surface area (Å²) in [5.41, 5.74) is 0.353. The van der Waals surface area contributed by atoms with Gasteiger partial charge < -0.3 is 4.98 Å². The van der Waals surface area contributed by atoms with Crippen LogP contribution in [-0.4, -0.2) is 29.3 Å². The Balaban J connectivity index is 1.80. The van der Waals surface area contributed by atoms with Crippen LogP contribution in [0.5, 0.6) is 0 Å². The summed E-state index contributed by atoms with van der Waals surface area (Å²) in [6.07, 6.45) is -1.50. The Morgan fingerprint density at radius 2 is 1.79 bits per heavy atom. The third-order valence-electron chi connectivity index (χ3n) is 5.36. The van der Waals surface area contributed by atoms with Gasteiger partial charge in [-0.2, -0.15) is 18.3 Å². The predicted octanol–water partition coefficient (Wildman–Crippen LogP) is 3.71. The fourth-order valence-corrected chi connectivity index (χ4v) is 3.85. The molecule has 0 atom stereocenters. The van der Waals surface area contributed by atoms with Gasteiger partial charge in [0.15, 0.2) is 5.65 Å². The van der Waals surface area contributed by atoms with Gasteiger partial charge >= 0.3 is 11.9 Å². The van der Waals surface area contributed by atoms with E-state index in [1.807, 2.05) is 13.8 Å². The Labute approximate surface area is 186 Å². The molecule has 8 nitrogen and oxygen atoms in total. The highest BCUT2D eigenvalue weighted by Gasteiger charge is 2.30. The number of aromatic nitrogens is 6. The van der Waals surface area contributed by atoms with Crippen LogP contribution in [0.25, 0.3) is 22.6 Å². The minimum Gasteiger partial charge on any atom is -0.332 e. The zero-order valence-electron chi connectivity index (χ0n) is 18.2.